The summed E-state index contributed by atoms with van der Waals surface area (Å²) in [6.45, 7) is 11.0. The molecule has 3 nitrogen and oxygen atoms in total. The predicted molar refractivity (Wildman–Crippen MR) is 75.6 cm³/mol. The minimum absolute atomic E-state index is 0.183. The van der Waals surface area contributed by atoms with Gasteiger partial charge < -0.3 is 10.5 Å². The highest BCUT2D eigenvalue weighted by atomic mass is 16.5. The van der Waals surface area contributed by atoms with Crippen molar-refractivity contribution in [2.45, 2.75) is 77.2 Å². The second-order valence-electron chi connectivity index (χ2n) is 6.87. The lowest BCUT2D eigenvalue weighted by Crippen LogP contribution is -2.61. The average molecular weight is 254 g/mol. The number of hydrogen-bond donors (Lipinski definition) is 1. The second kappa shape index (κ2) is 5.48. The third-order valence-corrected chi connectivity index (χ3v) is 4.34. The molecule has 2 N–H and O–H groups in total. The van der Waals surface area contributed by atoms with Gasteiger partial charge in [0.15, 0.2) is 0 Å². The molecule has 0 radical (unpaired) electrons. The minimum atomic E-state index is 0.183. The van der Waals surface area contributed by atoms with Crippen molar-refractivity contribution in [2.75, 3.05) is 13.1 Å². The van der Waals surface area contributed by atoms with Crippen LogP contribution < -0.4 is 5.73 Å². The standard InChI is InChI=1S/C15H30N2O/c1-11(2)9-17(14-5-6-14)15(10-16)7-12(3)18-13(4)8-15/h11-14H,5-10,16H2,1-4H3. The molecule has 0 amide bonds. The highest BCUT2D eigenvalue weighted by molar-refractivity contribution is 5.03. The van der Waals surface area contributed by atoms with Gasteiger partial charge in [0.2, 0.25) is 0 Å². The third kappa shape index (κ3) is 3.06. The molecule has 1 saturated carbocycles. The normalized spacial score (nSPS) is 37.5. The molecule has 2 unspecified atom stereocenters. The van der Waals surface area contributed by atoms with E-state index in [0.29, 0.717) is 18.1 Å². The Balaban J connectivity index is 2.16. The van der Waals surface area contributed by atoms with Crippen molar-refractivity contribution in [1.29, 1.82) is 0 Å². The Kier molecular flexibility index (Phi) is 4.35. The van der Waals surface area contributed by atoms with Crippen LogP contribution in [0.1, 0.15) is 53.4 Å². The smallest absolute Gasteiger partial charge is 0.0568 e. The van der Waals surface area contributed by atoms with Gasteiger partial charge in [0.05, 0.1) is 12.2 Å². The summed E-state index contributed by atoms with van der Waals surface area (Å²) in [5.74, 6) is 0.711. The van der Waals surface area contributed by atoms with Crippen LogP contribution in [-0.2, 0) is 4.74 Å². The lowest BCUT2D eigenvalue weighted by molar-refractivity contribution is -0.107. The van der Waals surface area contributed by atoms with E-state index in [1.165, 1.54) is 19.4 Å². The van der Waals surface area contributed by atoms with E-state index < -0.39 is 0 Å². The summed E-state index contributed by atoms with van der Waals surface area (Å²) < 4.78 is 5.92. The van der Waals surface area contributed by atoms with Crippen LogP contribution in [0.4, 0.5) is 0 Å². The molecular weight excluding hydrogens is 224 g/mol. The first-order chi connectivity index (χ1) is 8.47. The summed E-state index contributed by atoms with van der Waals surface area (Å²) in [6.07, 6.45) is 5.58. The molecule has 18 heavy (non-hydrogen) atoms. The molecule has 2 fully saturated rings. The summed E-state index contributed by atoms with van der Waals surface area (Å²) in [4.78, 5) is 2.73. The molecule has 1 aliphatic carbocycles. The zero-order chi connectivity index (χ0) is 13.3. The molecule has 1 heterocycles. The molecule has 106 valence electrons. The molecule has 2 rings (SSSR count). The van der Waals surface area contributed by atoms with Gasteiger partial charge in [-0.25, -0.2) is 0 Å². The van der Waals surface area contributed by atoms with Gasteiger partial charge in [-0.3, -0.25) is 4.90 Å². The van der Waals surface area contributed by atoms with Crippen molar-refractivity contribution in [2.24, 2.45) is 11.7 Å². The highest BCUT2D eigenvalue weighted by Crippen LogP contribution is 2.40. The predicted octanol–water partition coefficient (Wildman–Crippen LogP) is 2.39. The van der Waals surface area contributed by atoms with E-state index in [4.69, 9.17) is 10.5 Å². The van der Waals surface area contributed by atoms with Gasteiger partial charge in [-0.2, -0.15) is 0 Å². The Morgan fingerprint density at radius 2 is 1.78 bits per heavy atom. The number of nitrogens with zero attached hydrogens (tertiary/aromatic N) is 1. The van der Waals surface area contributed by atoms with E-state index >= 15 is 0 Å². The van der Waals surface area contributed by atoms with Crippen LogP contribution in [-0.4, -0.2) is 41.8 Å². The summed E-state index contributed by atoms with van der Waals surface area (Å²) in [7, 11) is 0. The average Bonchev–Trinajstić information content (AvgIpc) is 3.07. The van der Waals surface area contributed by atoms with Crippen molar-refractivity contribution in [3.05, 3.63) is 0 Å². The zero-order valence-electron chi connectivity index (χ0n) is 12.5. The van der Waals surface area contributed by atoms with Crippen LogP contribution in [0.3, 0.4) is 0 Å². The first-order valence-electron chi connectivity index (χ1n) is 7.59. The van der Waals surface area contributed by atoms with E-state index in [9.17, 15) is 0 Å². The van der Waals surface area contributed by atoms with E-state index in [0.717, 1.165) is 25.4 Å². The van der Waals surface area contributed by atoms with Crippen LogP contribution in [0.25, 0.3) is 0 Å². The van der Waals surface area contributed by atoms with Gasteiger partial charge in [-0.1, -0.05) is 13.8 Å². The topological polar surface area (TPSA) is 38.5 Å². The molecule has 3 heteroatoms. The van der Waals surface area contributed by atoms with E-state index in [1.54, 1.807) is 0 Å². The first kappa shape index (κ1) is 14.3. The van der Waals surface area contributed by atoms with Gasteiger partial charge in [0, 0.05) is 24.7 Å². The molecule has 0 aromatic rings. The summed E-state index contributed by atoms with van der Waals surface area (Å²) >= 11 is 0. The van der Waals surface area contributed by atoms with Crippen molar-refractivity contribution < 1.29 is 4.74 Å². The molecule has 0 spiro atoms. The maximum Gasteiger partial charge on any atom is 0.0568 e. The molecule has 2 atom stereocenters. The fourth-order valence-corrected chi connectivity index (χ4v) is 3.67. The Bertz CT molecular complexity index is 266. The van der Waals surface area contributed by atoms with Crippen molar-refractivity contribution in [1.82, 2.24) is 4.90 Å². The fourth-order valence-electron chi connectivity index (χ4n) is 3.67. The Morgan fingerprint density at radius 3 is 2.17 bits per heavy atom. The lowest BCUT2D eigenvalue weighted by Gasteiger charge is -2.50. The van der Waals surface area contributed by atoms with Crippen molar-refractivity contribution in [3.8, 4) is 0 Å². The minimum Gasteiger partial charge on any atom is -0.375 e. The molecule has 0 aromatic heterocycles. The summed E-state index contributed by atoms with van der Waals surface area (Å²) in [5, 5.41) is 0. The SMILES string of the molecule is CC(C)CN(C1CC1)C1(CN)CC(C)OC(C)C1. The number of ether oxygens (including phenoxy) is 1. The summed E-state index contributed by atoms with van der Waals surface area (Å²) in [6, 6.07) is 0.786. The van der Waals surface area contributed by atoms with Crippen molar-refractivity contribution in [3.63, 3.8) is 0 Å². The van der Waals surface area contributed by atoms with Gasteiger partial charge in [-0.15, -0.1) is 0 Å². The van der Waals surface area contributed by atoms with Crippen molar-refractivity contribution >= 4 is 0 Å². The van der Waals surface area contributed by atoms with Gasteiger partial charge in [0.25, 0.3) is 0 Å². The fraction of sp³-hybridized carbons (Fsp3) is 1.00. The number of hydrogen-bond acceptors (Lipinski definition) is 3. The molecule has 0 aromatic carbocycles. The first-order valence-corrected chi connectivity index (χ1v) is 7.59. The van der Waals surface area contributed by atoms with E-state index in [2.05, 4.69) is 32.6 Å². The Labute approximate surface area is 112 Å². The van der Waals surface area contributed by atoms with Gasteiger partial charge in [0.1, 0.15) is 0 Å². The van der Waals surface area contributed by atoms with Crippen LogP contribution in [0, 0.1) is 5.92 Å². The van der Waals surface area contributed by atoms with Crippen LogP contribution in [0.2, 0.25) is 0 Å². The number of nitrogens with two attached hydrogens (primary N) is 1. The number of rotatable bonds is 5. The Hall–Kier alpha value is -0.120. The molecule has 1 aliphatic heterocycles. The third-order valence-electron chi connectivity index (χ3n) is 4.34. The second-order valence-corrected chi connectivity index (χ2v) is 6.87. The largest absolute Gasteiger partial charge is 0.375 e. The zero-order valence-corrected chi connectivity index (χ0v) is 12.5. The van der Waals surface area contributed by atoms with Crippen LogP contribution in [0.15, 0.2) is 0 Å². The van der Waals surface area contributed by atoms with Gasteiger partial charge >= 0.3 is 0 Å². The van der Waals surface area contributed by atoms with Crippen LogP contribution in [0.5, 0.6) is 0 Å². The van der Waals surface area contributed by atoms with Gasteiger partial charge in [-0.05, 0) is 45.4 Å². The van der Waals surface area contributed by atoms with Crippen LogP contribution >= 0.6 is 0 Å². The quantitative estimate of drug-likeness (QED) is 0.818. The molecule has 0 bridgehead atoms. The lowest BCUT2D eigenvalue weighted by atomic mass is 9.81. The molecular formula is C15H30N2O. The Morgan fingerprint density at radius 1 is 1.22 bits per heavy atom. The maximum atomic E-state index is 6.21. The summed E-state index contributed by atoms with van der Waals surface area (Å²) in [5.41, 5.74) is 6.39. The monoisotopic (exact) mass is 254 g/mol. The highest BCUT2D eigenvalue weighted by Gasteiger charge is 2.47. The van der Waals surface area contributed by atoms with E-state index in [1.807, 2.05) is 0 Å². The molecule has 1 saturated heterocycles. The molecule has 2 aliphatic rings. The van der Waals surface area contributed by atoms with E-state index in [-0.39, 0.29) is 5.54 Å². The maximum absolute atomic E-state index is 6.21.